The van der Waals surface area contributed by atoms with Gasteiger partial charge in [-0.25, -0.2) is 4.98 Å². The van der Waals surface area contributed by atoms with Crippen LogP contribution in [0.2, 0.25) is 0 Å². The molecule has 2 N–H and O–H groups in total. The van der Waals surface area contributed by atoms with Crippen LogP contribution in [0.4, 0.5) is 0 Å². The third-order valence-corrected chi connectivity index (χ3v) is 5.40. The Labute approximate surface area is 131 Å². The highest BCUT2D eigenvalue weighted by Gasteiger charge is 2.26. The Bertz CT molecular complexity index is 490. The summed E-state index contributed by atoms with van der Waals surface area (Å²) in [6, 6.07) is 0.160. The van der Waals surface area contributed by atoms with E-state index in [2.05, 4.69) is 25.8 Å². The van der Waals surface area contributed by atoms with Gasteiger partial charge in [0.15, 0.2) is 0 Å². The number of carbonyl (C=O) groups is 1. The van der Waals surface area contributed by atoms with Gasteiger partial charge in [-0.2, -0.15) is 0 Å². The fraction of sp³-hybridized carbons (Fsp3) is 0.750. The second-order valence-corrected chi connectivity index (χ2v) is 8.03. The number of rotatable bonds is 3. The number of hydrogen-bond donors (Lipinski definition) is 1. The predicted octanol–water partition coefficient (Wildman–Crippen LogP) is 2.57. The van der Waals surface area contributed by atoms with E-state index in [-0.39, 0.29) is 17.4 Å². The summed E-state index contributed by atoms with van der Waals surface area (Å²) in [5.74, 6) is 0.620. The maximum atomic E-state index is 12.4. The molecule has 1 saturated heterocycles. The van der Waals surface area contributed by atoms with Crippen LogP contribution in [0, 0.1) is 5.92 Å². The zero-order chi connectivity index (χ0) is 15.6. The smallest absolute Gasteiger partial charge is 0.228 e. The predicted molar refractivity (Wildman–Crippen MR) is 87.5 cm³/mol. The Morgan fingerprint density at radius 3 is 2.86 bits per heavy atom. The number of likely N-dealkylation sites (tertiary alicyclic amines) is 1. The molecule has 0 bridgehead atoms. The summed E-state index contributed by atoms with van der Waals surface area (Å²) in [5, 5.41) is 3.11. The van der Waals surface area contributed by atoms with Gasteiger partial charge in [0.05, 0.1) is 17.1 Å². The van der Waals surface area contributed by atoms with Crippen LogP contribution in [0.15, 0.2) is 5.38 Å². The summed E-state index contributed by atoms with van der Waals surface area (Å²) in [5.41, 5.74) is 6.94. The fourth-order valence-corrected chi connectivity index (χ4v) is 3.57. The lowest BCUT2D eigenvalue weighted by Crippen LogP contribution is -2.45. The number of nitrogens with two attached hydrogens (primary N) is 1. The van der Waals surface area contributed by atoms with Gasteiger partial charge in [-0.1, -0.05) is 20.8 Å². The molecule has 0 spiro atoms. The fourth-order valence-electron chi connectivity index (χ4n) is 2.67. The van der Waals surface area contributed by atoms with Crippen LogP contribution in [-0.2, 0) is 16.6 Å². The van der Waals surface area contributed by atoms with Gasteiger partial charge >= 0.3 is 0 Å². The van der Waals surface area contributed by atoms with E-state index in [1.165, 1.54) is 0 Å². The summed E-state index contributed by atoms with van der Waals surface area (Å²) >= 11 is 1.65. The highest BCUT2D eigenvalue weighted by molar-refractivity contribution is 7.09. The molecule has 0 aliphatic carbocycles. The van der Waals surface area contributed by atoms with E-state index in [0.29, 0.717) is 12.3 Å². The maximum Gasteiger partial charge on any atom is 0.228 e. The maximum absolute atomic E-state index is 12.4. The van der Waals surface area contributed by atoms with E-state index in [4.69, 9.17) is 5.73 Å². The SMILES string of the molecule is CC(N)C1CCCN(C(=O)Cc2csc(C(C)(C)C)n2)C1. The topological polar surface area (TPSA) is 59.2 Å². The molecule has 2 unspecified atom stereocenters. The van der Waals surface area contributed by atoms with E-state index >= 15 is 0 Å². The number of aromatic nitrogens is 1. The normalized spacial score (nSPS) is 21.4. The largest absolute Gasteiger partial charge is 0.342 e. The molecule has 1 amide bonds. The lowest BCUT2D eigenvalue weighted by Gasteiger charge is -2.34. The van der Waals surface area contributed by atoms with E-state index in [1.54, 1.807) is 11.3 Å². The number of hydrogen-bond acceptors (Lipinski definition) is 4. The van der Waals surface area contributed by atoms with Gasteiger partial charge < -0.3 is 10.6 Å². The van der Waals surface area contributed by atoms with Crippen LogP contribution < -0.4 is 5.73 Å². The highest BCUT2D eigenvalue weighted by atomic mass is 32.1. The average molecular weight is 309 g/mol. The second-order valence-electron chi connectivity index (χ2n) is 7.17. The van der Waals surface area contributed by atoms with Crippen molar-refractivity contribution in [1.29, 1.82) is 0 Å². The number of nitrogens with zero attached hydrogens (tertiary/aromatic N) is 2. The first-order chi connectivity index (χ1) is 9.77. The van der Waals surface area contributed by atoms with E-state index in [1.807, 2.05) is 17.2 Å². The Morgan fingerprint density at radius 1 is 1.57 bits per heavy atom. The first-order valence-corrected chi connectivity index (χ1v) is 8.63. The third-order valence-electron chi connectivity index (χ3n) is 4.08. The molecule has 0 radical (unpaired) electrons. The molecule has 5 heteroatoms. The van der Waals surface area contributed by atoms with Gasteiger partial charge in [0.25, 0.3) is 0 Å². The number of carbonyl (C=O) groups excluding carboxylic acids is 1. The molecule has 1 aromatic heterocycles. The Balaban J connectivity index is 1.96. The monoisotopic (exact) mass is 309 g/mol. The van der Waals surface area contributed by atoms with Crippen molar-refractivity contribution in [3.63, 3.8) is 0 Å². The lowest BCUT2D eigenvalue weighted by molar-refractivity contribution is -0.132. The molecule has 4 nitrogen and oxygen atoms in total. The summed E-state index contributed by atoms with van der Waals surface area (Å²) < 4.78 is 0. The summed E-state index contributed by atoms with van der Waals surface area (Å²) in [7, 11) is 0. The highest BCUT2D eigenvalue weighted by Crippen LogP contribution is 2.26. The van der Waals surface area contributed by atoms with Crippen molar-refractivity contribution >= 4 is 17.2 Å². The van der Waals surface area contributed by atoms with Gasteiger partial charge in [0.2, 0.25) is 5.91 Å². The van der Waals surface area contributed by atoms with Crippen LogP contribution in [-0.4, -0.2) is 34.9 Å². The van der Waals surface area contributed by atoms with Crippen molar-refractivity contribution in [2.75, 3.05) is 13.1 Å². The lowest BCUT2D eigenvalue weighted by atomic mass is 9.92. The number of amides is 1. The van der Waals surface area contributed by atoms with Crippen molar-refractivity contribution in [2.24, 2.45) is 11.7 Å². The third kappa shape index (κ3) is 4.27. The molecular formula is C16H27N3OS. The Hall–Kier alpha value is -0.940. The Kier molecular flexibility index (Phi) is 5.04. The standard InChI is InChI=1S/C16H27N3OS/c1-11(17)12-6-5-7-19(9-12)14(20)8-13-10-21-15(18-13)16(2,3)4/h10-12H,5-9,17H2,1-4H3. The average Bonchev–Trinajstić information content (AvgIpc) is 2.87. The zero-order valence-corrected chi connectivity index (χ0v) is 14.4. The molecular weight excluding hydrogens is 282 g/mol. The second kappa shape index (κ2) is 6.44. The number of thiazole rings is 1. The quantitative estimate of drug-likeness (QED) is 0.933. The minimum Gasteiger partial charge on any atom is -0.342 e. The molecule has 2 rings (SSSR count). The van der Waals surface area contributed by atoms with Crippen LogP contribution in [0.3, 0.4) is 0 Å². The molecule has 0 saturated carbocycles. The van der Waals surface area contributed by atoms with Crippen LogP contribution in [0.1, 0.15) is 51.2 Å². The molecule has 118 valence electrons. The van der Waals surface area contributed by atoms with Crippen molar-refractivity contribution in [3.05, 3.63) is 16.1 Å². The van der Waals surface area contributed by atoms with E-state index < -0.39 is 0 Å². The molecule has 1 fully saturated rings. The van der Waals surface area contributed by atoms with Gasteiger partial charge in [-0.15, -0.1) is 11.3 Å². The first-order valence-electron chi connectivity index (χ1n) is 7.75. The molecule has 1 aliphatic rings. The molecule has 1 aromatic rings. The van der Waals surface area contributed by atoms with Crippen LogP contribution >= 0.6 is 11.3 Å². The van der Waals surface area contributed by atoms with Crippen LogP contribution in [0.25, 0.3) is 0 Å². The minimum atomic E-state index is 0.0527. The molecule has 21 heavy (non-hydrogen) atoms. The van der Waals surface area contributed by atoms with Gasteiger partial charge in [-0.3, -0.25) is 4.79 Å². The summed E-state index contributed by atoms with van der Waals surface area (Å²) in [6.45, 7) is 10.1. The molecule has 2 heterocycles. The first kappa shape index (κ1) is 16.4. The Morgan fingerprint density at radius 2 is 2.29 bits per heavy atom. The summed E-state index contributed by atoms with van der Waals surface area (Å²) in [4.78, 5) is 19.0. The van der Waals surface area contributed by atoms with Crippen molar-refractivity contribution < 1.29 is 4.79 Å². The number of piperidine rings is 1. The van der Waals surface area contributed by atoms with Crippen molar-refractivity contribution in [1.82, 2.24) is 9.88 Å². The molecule has 0 aromatic carbocycles. The van der Waals surface area contributed by atoms with Crippen molar-refractivity contribution in [3.8, 4) is 0 Å². The molecule has 1 aliphatic heterocycles. The van der Waals surface area contributed by atoms with Gasteiger partial charge in [0, 0.05) is 29.9 Å². The van der Waals surface area contributed by atoms with Gasteiger partial charge in [0.1, 0.15) is 0 Å². The van der Waals surface area contributed by atoms with E-state index in [9.17, 15) is 4.79 Å². The zero-order valence-electron chi connectivity index (χ0n) is 13.6. The minimum absolute atomic E-state index is 0.0527. The van der Waals surface area contributed by atoms with Gasteiger partial charge in [-0.05, 0) is 25.7 Å². The van der Waals surface area contributed by atoms with Crippen LogP contribution in [0.5, 0.6) is 0 Å². The van der Waals surface area contributed by atoms with Crippen molar-refractivity contribution in [2.45, 2.75) is 58.4 Å². The summed E-state index contributed by atoms with van der Waals surface area (Å²) in [6.07, 6.45) is 2.60. The molecule has 2 atom stereocenters. The van der Waals surface area contributed by atoms with E-state index in [0.717, 1.165) is 36.6 Å².